The molecular weight excluding hydrogens is 186 g/mol. The highest BCUT2D eigenvalue weighted by Crippen LogP contribution is 2.29. The first-order valence-corrected chi connectivity index (χ1v) is 5.38. The number of nitrogens with one attached hydrogen (secondary N) is 1. The van der Waals surface area contributed by atoms with E-state index in [1.165, 1.54) is 12.8 Å². The van der Waals surface area contributed by atoms with Gasteiger partial charge in [0, 0.05) is 17.3 Å². The van der Waals surface area contributed by atoms with Crippen molar-refractivity contribution in [3.63, 3.8) is 0 Å². The minimum atomic E-state index is 0.853. The van der Waals surface area contributed by atoms with Gasteiger partial charge in [-0.2, -0.15) is 5.10 Å². The van der Waals surface area contributed by atoms with Crippen molar-refractivity contribution >= 4 is 16.6 Å². The summed E-state index contributed by atoms with van der Waals surface area (Å²) < 4.78 is 0. The third-order valence-corrected chi connectivity index (χ3v) is 2.83. The lowest BCUT2D eigenvalue weighted by Crippen LogP contribution is -2.06. The zero-order valence-corrected chi connectivity index (χ0v) is 8.48. The lowest BCUT2D eigenvalue weighted by Gasteiger charge is -2.06. The van der Waals surface area contributed by atoms with Gasteiger partial charge in [0.1, 0.15) is 0 Å². The number of hydrogen-bond acceptors (Lipinski definition) is 3. The predicted octanol–water partition coefficient (Wildman–Crippen LogP) is 2.45. The van der Waals surface area contributed by atoms with E-state index in [4.69, 9.17) is 0 Å². The molecule has 3 nitrogen and oxygen atoms in total. The van der Waals surface area contributed by atoms with Crippen LogP contribution in [0.1, 0.15) is 12.8 Å². The number of anilines is 1. The normalized spacial score (nSPS) is 15.5. The monoisotopic (exact) mass is 199 g/mol. The number of rotatable bonds is 3. The zero-order chi connectivity index (χ0) is 10.1. The summed E-state index contributed by atoms with van der Waals surface area (Å²) in [6.07, 6.45) is 4.51. The Morgan fingerprint density at radius 1 is 1.27 bits per heavy atom. The summed E-state index contributed by atoms with van der Waals surface area (Å²) in [5.41, 5.74) is 0. The molecule has 15 heavy (non-hydrogen) atoms. The van der Waals surface area contributed by atoms with Gasteiger partial charge in [-0.1, -0.05) is 24.3 Å². The minimum Gasteiger partial charge on any atom is -0.368 e. The van der Waals surface area contributed by atoms with E-state index >= 15 is 0 Å². The highest BCUT2D eigenvalue weighted by atomic mass is 15.2. The Morgan fingerprint density at radius 2 is 2.13 bits per heavy atom. The van der Waals surface area contributed by atoms with Crippen LogP contribution in [-0.4, -0.2) is 16.7 Å². The largest absolute Gasteiger partial charge is 0.368 e. The van der Waals surface area contributed by atoms with Crippen LogP contribution >= 0.6 is 0 Å². The van der Waals surface area contributed by atoms with Crippen LogP contribution in [0.2, 0.25) is 0 Å². The predicted molar refractivity (Wildman–Crippen MR) is 60.8 cm³/mol. The van der Waals surface area contributed by atoms with Crippen LogP contribution in [0.25, 0.3) is 10.8 Å². The van der Waals surface area contributed by atoms with E-state index in [0.717, 1.165) is 29.1 Å². The Labute approximate surface area is 88.5 Å². The molecule has 1 aromatic carbocycles. The van der Waals surface area contributed by atoms with Gasteiger partial charge in [0.15, 0.2) is 5.82 Å². The maximum Gasteiger partial charge on any atom is 0.156 e. The van der Waals surface area contributed by atoms with Crippen LogP contribution in [0.3, 0.4) is 0 Å². The van der Waals surface area contributed by atoms with Crippen LogP contribution < -0.4 is 5.32 Å². The maximum atomic E-state index is 4.15. The molecular formula is C12H13N3. The number of hydrogen-bond donors (Lipinski definition) is 1. The van der Waals surface area contributed by atoms with E-state index in [1.807, 2.05) is 12.1 Å². The fourth-order valence-corrected chi connectivity index (χ4v) is 1.72. The second-order valence-electron chi connectivity index (χ2n) is 4.10. The molecule has 1 heterocycles. The summed E-state index contributed by atoms with van der Waals surface area (Å²) in [6.45, 7) is 1.03. The molecule has 0 spiro atoms. The summed E-state index contributed by atoms with van der Waals surface area (Å²) in [6, 6.07) is 8.20. The fraction of sp³-hybridized carbons (Fsp3) is 0.333. The average molecular weight is 199 g/mol. The number of fused-ring (bicyclic) bond motifs is 1. The number of aromatic nitrogens is 2. The van der Waals surface area contributed by atoms with Crippen molar-refractivity contribution in [1.29, 1.82) is 0 Å². The molecule has 1 fully saturated rings. The molecule has 1 N–H and O–H groups in total. The molecule has 1 aliphatic carbocycles. The molecule has 2 aromatic rings. The van der Waals surface area contributed by atoms with E-state index in [2.05, 4.69) is 27.6 Å². The van der Waals surface area contributed by atoms with Crippen molar-refractivity contribution in [2.45, 2.75) is 12.8 Å². The summed E-state index contributed by atoms with van der Waals surface area (Å²) in [7, 11) is 0. The SMILES string of the molecule is c1ccc2c(NCC3CC3)nncc2c1. The van der Waals surface area contributed by atoms with E-state index in [1.54, 1.807) is 6.20 Å². The lowest BCUT2D eigenvalue weighted by atomic mass is 10.2. The first kappa shape index (κ1) is 8.65. The standard InChI is InChI=1S/C12H13N3/c1-2-4-11-10(3-1)8-14-15-12(11)13-7-9-5-6-9/h1-4,8-9H,5-7H2,(H,13,15). The van der Waals surface area contributed by atoms with Gasteiger partial charge in [-0.3, -0.25) is 0 Å². The first-order valence-electron chi connectivity index (χ1n) is 5.38. The van der Waals surface area contributed by atoms with Gasteiger partial charge in [0.2, 0.25) is 0 Å². The Bertz CT molecular complexity index is 472. The van der Waals surface area contributed by atoms with Crippen molar-refractivity contribution in [1.82, 2.24) is 10.2 Å². The van der Waals surface area contributed by atoms with E-state index in [9.17, 15) is 0 Å². The minimum absolute atomic E-state index is 0.853. The van der Waals surface area contributed by atoms with Gasteiger partial charge in [-0.15, -0.1) is 5.10 Å². The number of nitrogens with zero attached hydrogens (tertiary/aromatic N) is 2. The number of benzene rings is 1. The fourth-order valence-electron chi connectivity index (χ4n) is 1.72. The molecule has 76 valence electrons. The topological polar surface area (TPSA) is 37.8 Å². The molecule has 1 aromatic heterocycles. The molecule has 0 bridgehead atoms. The Hall–Kier alpha value is -1.64. The van der Waals surface area contributed by atoms with Crippen molar-refractivity contribution in [2.75, 3.05) is 11.9 Å². The Morgan fingerprint density at radius 3 is 3.00 bits per heavy atom. The van der Waals surface area contributed by atoms with Crippen molar-refractivity contribution in [3.05, 3.63) is 30.5 Å². The summed E-state index contributed by atoms with van der Waals surface area (Å²) >= 11 is 0. The Kier molecular flexibility index (Phi) is 2.02. The molecule has 3 rings (SSSR count). The summed E-state index contributed by atoms with van der Waals surface area (Å²) in [5.74, 6) is 1.77. The molecule has 1 aliphatic rings. The zero-order valence-electron chi connectivity index (χ0n) is 8.48. The van der Waals surface area contributed by atoms with Crippen molar-refractivity contribution in [2.24, 2.45) is 5.92 Å². The quantitative estimate of drug-likeness (QED) is 0.825. The van der Waals surface area contributed by atoms with Crippen LogP contribution in [0.15, 0.2) is 30.5 Å². The van der Waals surface area contributed by atoms with Gasteiger partial charge in [0.25, 0.3) is 0 Å². The molecule has 3 heteroatoms. The van der Waals surface area contributed by atoms with Gasteiger partial charge < -0.3 is 5.32 Å². The van der Waals surface area contributed by atoms with Crippen LogP contribution in [0.5, 0.6) is 0 Å². The maximum absolute atomic E-state index is 4.15. The molecule has 0 radical (unpaired) electrons. The summed E-state index contributed by atoms with van der Waals surface area (Å²) in [5, 5.41) is 13.8. The van der Waals surface area contributed by atoms with Gasteiger partial charge in [-0.25, -0.2) is 0 Å². The van der Waals surface area contributed by atoms with Crippen LogP contribution in [-0.2, 0) is 0 Å². The second-order valence-corrected chi connectivity index (χ2v) is 4.10. The van der Waals surface area contributed by atoms with Crippen LogP contribution in [0, 0.1) is 5.92 Å². The highest BCUT2D eigenvalue weighted by molar-refractivity contribution is 5.90. The van der Waals surface area contributed by atoms with Crippen molar-refractivity contribution < 1.29 is 0 Å². The van der Waals surface area contributed by atoms with Crippen molar-refractivity contribution in [3.8, 4) is 0 Å². The summed E-state index contributed by atoms with van der Waals surface area (Å²) in [4.78, 5) is 0. The molecule has 0 amide bonds. The highest BCUT2D eigenvalue weighted by Gasteiger charge is 2.21. The van der Waals surface area contributed by atoms with Gasteiger partial charge in [0.05, 0.1) is 6.20 Å². The van der Waals surface area contributed by atoms with Gasteiger partial charge >= 0.3 is 0 Å². The van der Waals surface area contributed by atoms with E-state index in [-0.39, 0.29) is 0 Å². The van der Waals surface area contributed by atoms with Gasteiger partial charge in [-0.05, 0) is 18.8 Å². The third-order valence-electron chi connectivity index (χ3n) is 2.83. The molecule has 0 atom stereocenters. The Balaban J connectivity index is 1.93. The van der Waals surface area contributed by atoms with Crippen LogP contribution in [0.4, 0.5) is 5.82 Å². The van der Waals surface area contributed by atoms with E-state index in [0.29, 0.717) is 0 Å². The molecule has 0 saturated heterocycles. The van der Waals surface area contributed by atoms with E-state index < -0.39 is 0 Å². The first-order chi connectivity index (χ1) is 7.43. The lowest BCUT2D eigenvalue weighted by molar-refractivity contribution is 0.876. The third kappa shape index (κ3) is 1.77. The average Bonchev–Trinajstić information content (AvgIpc) is 3.10. The smallest absolute Gasteiger partial charge is 0.156 e. The molecule has 0 unspecified atom stereocenters. The second kappa shape index (κ2) is 3.50. The molecule has 0 aliphatic heterocycles. The molecule has 1 saturated carbocycles.